The van der Waals surface area contributed by atoms with Crippen molar-refractivity contribution >= 4 is 24.3 Å². The largest absolute Gasteiger partial charge is 0.364 e. The Morgan fingerprint density at radius 2 is 1.22 bits per heavy atom. The molecule has 1 aromatic rings. The summed E-state index contributed by atoms with van der Waals surface area (Å²) in [6.45, 7) is 0.803. The van der Waals surface area contributed by atoms with Crippen molar-refractivity contribution in [1.82, 2.24) is 15.0 Å². The fraction of sp³-hybridized carbons (Fsp3) is 0.667. The Bertz CT molecular complexity index is 431. The molecule has 0 radical (unpaired) electrons. The van der Waals surface area contributed by atoms with E-state index in [1.807, 2.05) is 0 Å². The maximum Gasteiger partial charge on any atom is 0.235 e. The zero-order valence-electron chi connectivity index (χ0n) is 13.7. The van der Waals surface area contributed by atoms with E-state index < -0.39 is 0 Å². The number of anilines is 3. The third-order valence-corrected chi connectivity index (χ3v) is 2.51. The van der Waals surface area contributed by atoms with Crippen molar-refractivity contribution in [2.45, 2.75) is 0 Å². The monoisotopic (exact) mass is 330 g/mol. The molecule has 0 aliphatic heterocycles. The summed E-state index contributed by atoms with van der Waals surface area (Å²) < 4.78 is 20.4. The number of ether oxygens (including phenoxy) is 4. The van der Waals surface area contributed by atoms with Gasteiger partial charge in [0.05, 0.1) is 0 Å². The van der Waals surface area contributed by atoms with Gasteiger partial charge in [-0.1, -0.05) is 0 Å². The summed E-state index contributed by atoms with van der Waals surface area (Å²) in [5.74, 6) is 0.648. The van der Waals surface area contributed by atoms with Crippen LogP contribution in [0.15, 0.2) is 0 Å². The van der Waals surface area contributed by atoms with E-state index in [4.69, 9.17) is 18.9 Å². The van der Waals surface area contributed by atoms with Crippen LogP contribution in [0, 0.1) is 0 Å². The van der Waals surface area contributed by atoms with Crippen LogP contribution in [0.2, 0.25) is 0 Å². The molecule has 0 saturated heterocycles. The summed E-state index contributed by atoms with van der Waals surface area (Å²) in [7, 11) is 6.16. The van der Waals surface area contributed by atoms with Gasteiger partial charge in [-0.2, -0.15) is 15.0 Å². The number of hydrogen-bond donors (Lipinski definition) is 1. The molecule has 1 rings (SSSR count). The number of nitrogens with zero attached hydrogens (tertiary/aromatic N) is 5. The number of methoxy groups -OCH3 is 4. The number of rotatable bonds is 12. The van der Waals surface area contributed by atoms with Crippen LogP contribution in [0.4, 0.5) is 17.8 Å². The summed E-state index contributed by atoms with van der Waals surface area (Å²) >= 11 is 0. The number of nitrogens with one attached hydrogen (secondary N) is 1. The molecule has 130 valence electrons. The van der Waals surface area contributed by atoms with E-state index in [2.05, 4.69) is 20.3 Å². The first-order valence-corrected chi connectivity index (χ1v) is 6.62. The number of carbonyl (C=O) groups is 1. The first-order valence-electron chi connectivity index (χ1n) is 6.62. The maximum atomic E-state index is 10.7. The van der Waals surface area contributed by atoms with Crippen LogP contribution in [-0.2, 0) is 23.7 Å². The average Bonchev–Trinajstić information content (AvgIpc) is 2.54. The van der Waals surface area contributed by atoms with Crippen molar-refractivity contribution in [2.75, 3.05) is 70.5 Å². The van der Waals surface area contributed by atoms with E-state index in [9.17, 15) is 4.79 Å². The average molecular weight is 330 g/mol. The minimum atomic E-state index is 0.0920. The normalized spacial score (nSPS) is 10.4. The van der Waals surface area contributed by atoms with Gasteiger partial charge < -0.3 is 18.9 Å². The smallest absolute Gasteiger partial charge is 0.235 e. The molecule has 0 aromatic carbocycles. The predicted molar refractivity (Wildman–Crippen MR) is 82.0 cm³/mol. The Morgan fingerprint density at radius 1 is 0.826 bits per heavy atom. The zero-order valence-corrected chi connectivity index (χ0v) is 13.7. The maximum absolute atomic E-state index is 10.7. The molecule has 0 aliphatic rings. The van der Waals surface area contributed by atoms with Crippen molar-refractivity contribution in [3.05, 3.63) is 0 Å². The molecule has 0 unspecified atom stereocenters. The fourth-order valence-corrected chi connectivity index (χ4v) is 1.68. The number of aromatic nitrogens is 3. The third kappa shape index (κ3) is 5.90. The van der Waals surface area contributed by atoms with E-state index in [1.54, 1.807) is 9.80 Å². The van der Waals surface area contributed by atoms with Crippen molar-refractivity contribution in [2.24, 2.45) is 0 Å². The molecule has 1 N–H and O–H groups in total. The first-order chi connectivity index (χ1) is 11.2. The van der Waals surface area contributed by atoms with Crippen LogP contribution < -0.4 is 15.1 Å². The lowest BCUT2D eigenvalue weighted by Gasteiger charge is -2.24. The van der Waals surface area contributed by atoms with Crippen molar-refractivity contribution in [3.8, 4) is 0 Å². The van der Waals surface area contributed by atoms with Crippen molar-refractivity contribution in [3.63, 3.8) is 0 Å². The standard InChI is InChI=1S/C12H22N6O5/c1-20-6-17(7-21-2)11-14-10(13-5-19)15-12(16-11)18(8-22-3)9-23-4/h5H,6-9H2,1-4H3,(H,13,14,15,16,19). The van der Waals surface area contributed by atoms with Gasteiger partial charge in [-0.3, -0.25) is 19.9 Å². The minimum Gasteiger partial charge on any atom is -0.364 e. The summed E-state index contributed by atoms with van der Waals surface area (Å²) in [6, 6.07) is 0. The molecule has 0 spiro atoms. The Hall–Kier alpha value is -2.08. The van der Waals surface area contributed by atoms with Gasteiger partial charge in [0.15, 0.2) is 0 Å². The van der Waals surface area contributed by atoms with E-state index >= 15 is 0 Å². The third-order valence-electron chi connectivity index (χ3n) is 2.51. The zero-order chi connectivity index (χ0) is 17.1. The molecule has 1 amide bonds. The Labute approximate surface area is 134 Å². The molecule has 1 aromatic heterocycles. The summed E-state index contributed by atoms with van der Waals surface area (Å²) in [5.41, 5.74) is 0. The summed E-state index contributed by atoms with van der Waals surface area (Å²) in [4.78, 5) is 26.6. The molecule has 23 heavy (non-hydrogen) atoms. The molecular weight excluding hydrogens is 308 g/mol. The summed E-state index contributed by atoms with van der Waals surface area (Å²) in [6.07, 6.45) is 0.483. The van der Waals surface area contributed by atoms with Gasteiger partial charge in [-0.25, -0.2) is 0 Å². The van der Waals surface area contributed by atoms with Gasteiger partial charge in [0.25, 0.3) is 0 Å². The molecule has 0 bridgehead atoms. The highest BCUT2D eigenvalue weighted by Crippen LogP contribution is 2.16. The van der Waals surface area contributed by atoms with Gasteiger partial charge >= 0.3 is 0 Å². The van der Waals surface area contributed by atoms with E-state index in [-0.39, 0.29) is 44.8 Å². The second-order valence-electron chi connectivity index (χ2n) is 4.27. The van der Waals surface area contributed by atoms with Gasteiger partial charge in [-0.15, -0.1) is 0 Å². The van der Waals surface area contributed by atoms with Crippen molar-refractivity contribution < 1.29 is 23.7 Å². The number of amides is 1. The Morgan fingerprint density at radius 3 is 1.52 bits per heavy atom. The fourth-order valence-electron chi connectivity index (χ4n) is 1.68. The highest BCUT2D eigenvalue weighted by Gasteiger charge is 2.17. The lowest BCUT2D eigenvalue weighted by molar-refractivity contribution is -0.105. The van der Waals surface area contributed by atoms with Crippen LogP contribution in [0.1, 0.15) is 0 Å². The van der Waals surface area contributed by atoms with E-state index in [0.29, 0.717) is 6.41 Å². The van der Waals surface area contributed by atoms with E-state index in [0.717, 1.165) is 0 Å². The highest BCUT2D eigenvalue weighted by molar-refractivity contribution is 5.67. The van der Waals surface area contributed by atoms with Crippen LogP contribution in [0.3, 0.4) is 0 Å². The molecular formula is C12H22N6O5. The molecule has 11 nitrogen and oxygen atoms in total. The SMILES string of the molecule is COCN(COC)c1nc(NC=O)nc(N(COC)COC)n1. The van der Waals surface area contributed by atoms with Gasteiger partial charge in [0.1, 0.15) is 26.9 Å². The summed E-state index contributed by atoms with van der Waals surface area (Å²) in [5, 5.41) is 2.41. The van der Waals surface area contributed by atoms with Crippen LogP contribution >= 0.6 is 0 Å². The number of hydrogen-bond acceptors (Lipinski definition) is 10. The van der Waals surface area contributed by atoms with Gasteiger partial charge in [0.2, 0.25) is 24.3 Å². The Kier molecular flexibility index (Phi) is 8.75. The van der Waals surface area contributed by atoms with E-state index in [1.165, 1.54) is 28.4 Å². The van der Waals surface area contributed by atoms with Crippen LogP contribution in [-0.4, -0.2) is 76.7 Å². The second kappa shape index (κ2) is 10.6. The predicted octanol–water partition coefficient (Wildman–Crippen LogP) is -0.532. The van der Waals surface area contributed by atoms with Gasteiger partial charge in [-0.05, 0) is 0 Å². The quantitative estimate of drug-likeness (QED) is 0.396. The molecule has 0 aliphatic carbocycles. The molecule has 0 fully saturated rings. The topological polar surface area (TPSA) is 111 Å². The van der Waals surface area contributed by atoms with Crippen molar-refractivity contribution in [1.29, 1.82) is 0 Å². The molecule has 11 heteroatoms. The van der Waals surface area contributed by atoms with Crippen LogP contribution in [0.25, 0.3) is 0 Å². The van der Waals surface area contributed by atoms with Gasteiger partial charge in [0, 0.05) is 28.4 Å². The Balaban J connectivity index is 3.20. The lowest BCUT2D eigenvalue weighted by atomic mass is 10.7. The second-order valence-corrected chi connectivity index (χ2v) is 4.27. The highest BCUT2D eigenvalue weighted by atomic mass is 16.5. The minimum absolute atomic E-state index is 0.0920. The first kappa shape index (κ1) is 19.0. The number of carbonyl (C=O) groups excluding carboxylic acids is 1. The molecule has 0 atom stereocenters. The van der Waals surface area contributed by atoms with Crippen LogP contribution in [0.5, 0.6) is 0 Å². The molecule has 1 heterocycles. The molecule has 0 saturated carbocycles. The lowest BCUT2D eigenvalue weighted by Crippen LogP contribution is -2.33.